The molecule has 0 aromatic carbocycles. The monoisotopic (exact) mass is 360 g/mol. The molecule has 0 saturated carbocycles. The molecule has 0 unspecified atom stereocenters. The van der Waals surface area contributed by atoms with E-state index in [2.05, 4.69) is 15.0 Å². The molecule has 9 heteroatoms. The molecule has 2 aromatic rings. The summed E-state index contributed by atoms with van der Waals surface area (Å²) in [5.41, 5.74) is 0.493. The lowest BCUT2D eigenvalue weighted by Gasteiger charge is -2.34. The van der Waals surface area contributed by atoms with Crippen LogP contribution in [0.4, 0.5) is 5.95 Å². The summed E-state index contributed by atoms with van der Waals surface area (Å²) < 4.78 is 5.11. The second-order valence-electron chi connectivity index (χ2n) is 5.19. The van der Waals surface area contributed by atoms with Gasteiger partial charge in [0.1, 0.15) is 6.07 Å². The second-order valence-corrected chi connectivity index (χ2v) is 5.19. The number of anilines is 1. The lowest BCUT2D eigenvalue weighted by Crippen LogP contribution is -2.49. The van der Waals surface area contributed by atoms with Gasteiger partial charge in [0.05, 0.1) is 12.7 Å². The van der Waals surface area contributed by atoms with E-state index in [-0.39, 0.29) is 24.0 Å². The van der Waals surface area contributed by atoms with E-state index in [9.17, 15) is 4.79 Å². The van der Waals surface area contributed by atoms with E-state index >= 15 is 0 Å². The van der Waals surface area contributed by atoms with Crippen LogP contribution in [0.3, 0.4) is 0 Å². The largest absolute Gasteiger partial charge is 0.481 e. The van der Waals surface area contributed by atoms with Crippen LogP contribution >= 0.6 is 12.4 Å². The van der Waals surface area contributed by atoms with Gasteiger partial charge < -0.3 is 14.5 Å². The summed E-state index contributed by atoms with van der Waals surface area (Å²) in [5, 5.41) is 9.09. The van der Waals surface area contributed by atoms with E-state index in [1.165, 1.54) is 6.20 Å². The third-order valence-electron chi connectivity index (χ3n) is 3.82. The van der Waals surface area contributed by atoms with Crippen LogP contribution in [0.15, 0.2) is 30.6 Å². The standard InChI is InChI=1S/C16H16N6O2.ClH/c1-24-14-4-6-19-16(20-14)22-9-7-21(8-10-22)15(23)12-3-2-5-18-13(12)11-17;/h2-6H,7-10H2,1H3;1H. The van der Waals surface area contributed by atoms with Crippen LogP contribution in [0.5, 0.6) is 5.88 Å². The topological polar surface area (TPSA) is 95.2 Å². The molecule has 0 radical (unpaired) electrons. The van der Waals surface area contributed by atoms with Crippen LogP contribution in [0, 0.1) is 11.3 Å². The van der Waals surface area contributed by atoms with Crippen LogP contribution in [0.2, 0.25) is 0 Å². The highest BCUT2D eigenvalue weighted by atomic mass is 35.5. The Balaban J connectivity index is 0.00000225. The fourth-order valence-corrected chi connectivity index (χ4v) is 2.55. The number of ether oxygens (including phenoxy) is 1. The zero-order valence-corrected chi connectivity index (χ0v) is 14.4. The van der Waals surface area contributed by atoms with Gasteiger partial charge in [-0.05, 0) is 12.1 Å². The molecule has 0 bridgehead atoms. The normalized spacial score (nSPS) is 13.6. The molecule has 1 aliphatic rings. The number of pyridine rings is 1. The predicted molar refractivity (Wildman–Crippen MR) is 92.9 cm³/mol. The van der Waals surface area contributed by atoms with Crippen LogP contribution in [-0.2, 0) is 0 Å². The number of carbonyl (C=O) groups is 1. The minimum Gasteiger partial charge on any atom is -0.481 e. The molecule has 3 rings (SSSR count). The molecule has 2 aromatic heterocycles. The van der Waals surface area contributed by atoms with Crippen molar-refractivity contribution in [3.63, 3.8) is 0 Å². The fourth-order valence-electron chi connectivity index (χ4n) is 2.55. The van der Waals surface area contributed by atoms with E-state index < -0.39 is 0 Å². The SMILES string of the molecule is COc1ccnc(N2CCN(C(=O)c3cccnc3C#N)CC2)n1.Cl. The Morgan fingerprint density at radius 1 is 1.20 bits per heavy atom. The van der Waals surface area contributed by atoms with Crippen molar-refractivity contribution in [3.8, 4) is 11.9 Å². The van der Waals surface area contributed by atoms with Gasteiger partial charge in [-0.25, -0.2) is 9.97 Å². The Hall–Kier alpha value is -2.92. The Morgan fingerprint density at radius 2 is 1.96 bits per heavy atom. The number of piperazine rings is 1. The quantitative estimate of drug-likeness (QED) is 0.809. The van der Waals surface area contributed by atoms with E-state index in [0.29, 0.717) is 43.6 Å². The van der Waals surface area contributed by atoms with Crippen LogP contribution in [0.25, 0.3) is 0 Å². The van der Waals surface area contributed by atoms with E-state index in [1.807, 2.05) is 11.0 Å². The molecule has 0 atom stereocenters. The minimum absolute atomic E-state index is 0. The molecule has 0 aliphatic carbocycles. The number of carbonyl (C=O) groups excluding carboxylic acids is 1. The number of hydrogen-bond donors (Lipinski definition) is 0. The van der Waals surface area contributed by atoms with Crippen molar-refractivity contribution in [3.05, 3.63) is 41.9 Å². The molecular formula is C16H17ClN6O2. The van der Waals surface area contributed by atoms with Crippen LogP contribution in [0.1, 0.15) is 16.1 Å². The highest BCUT2D eigenvalue weighted by molar-refractivity contribution is 5.96. The van der Waals surface area contributed by atoms with Gasteiger partial charge in [0.2, 0.25) is 11.8 Å². The molecule has 3 heterocycles. The second kappa shape index (κ2) is 8.26. The molecule has 0 N–H and O–H groups in total. The van der Waals surface area contributed by atoms with Crippen molar-refractivity contribution in [1.82, 2.24) is 19.9 Å². The van der Waals surface area contributed by atoms with Crippen molar-refractivity contribution in [2.75, 3.05) is 38.2 Å². The highest BCUT2D eigenvalue weighted by Crippen LogP contribution is 2.16. The van der Waals surface area contributed by atoms with Crippen molar-refractivity contribution >= 4 is 24.3 Å². The number of nitriles is 1. The van der Waals surface area contributed by atoms with E-state index in [4.69, 9.17) is 10.00 Å². The van der Waals surface area contributed by atoms with E-state index in [0.717, 1.165) is 0 Å². The van der Waals surface area contributed by atoms with Crippen molar-refractivity contribution < 1.29 is 9.53 Å². The summed E-state index contributed by atoms with van der Waals surface area (Å²) >= 11 is 0. The summed E-state index contributed by atoms with van der Waals surface area (Å²) in [5.74, 6) is 0.916. The van der Waals surface area contributed by atoms with Crippen molar-refractivity contribution in [2.24, 2.45) is 0 Å². The number of aromatic nitrogens is 3. The number of rotatable bonds is 3. The summed E-state index contributed by atoms with van der Waals surface area (Å²) in [6.07, 6.45) is 3.15. The first-order valence-electron chi connectivity index (χ1n) is 7.49. The molecule has 1 fully saturated rings. The molecule has 25 heavy (non-hydrogen) atoms. The lowest BCUT2D eigenvalue weighted by molar-refractivity contribution is 0.0745. The summed E-state index contributed by atoms with van der Waals surface area (Å²) in [6, 6.07) is 6.94. The van der Waals surface area contributed by atoms with Gasteiger partial charge in [-0.3, -0.25) is 4.79 Å². The minimum atomic E-state index is -0.175. The Bertz CT molecular complexity index is 786. The predicted octanol–water partition coefficient (Wildman–Crippen LogP) is 1.14. The zero-order chi connectivity index (χ0) is 16.9. The Morgan fingerprint density at radius 3 is 2.64 bits per heavy atom. The van der Waals surface area contributed by atoms with Gasteiger partial charge in [0.15, 0.2) is 5.69 Å². The van der Waals surface area contributed by atoms with Crippen molar-refractivity contribution in [1.29, 1.82) is 5.26 Å². The Labute approximate surface area is 151 Å². The van der Waals surface area contributed by atoms with Gasteiger partial charge in [-0.15, -0.1) is 12.4 Å². The molecule has 0 spiro atoms. The van der Waals surface area contributed by atoms with Gasteiger partial charge in [-0.1, -0.05) is 0 Å². The highest BCUT2D eigenvalue weighted by Gasteiger charge is 2.25. The number of halogens is 1. The maximum absolute atomic E-state index is 12.6. The smallest absolute Gasteiger partial charge is 0.256 e. The molecule has 1 saturated heterocycles. The van der Waals surface area contributed by atoms with Crippen LogP contribution < -0.4 is 9.64 Å². The van der Waals surface area contributed by atoms with Crippen LogP contribution in [-0.4, -0.2) is 59.0 Å². The maximum Gasteiger partial charge on any atom is 0.256 e. The van der Waals surface area contributed by atoms with Gasteiger partial charge in [0, 0.05) is 44.6 Å². The summed E-state index contributed by atoms with van der Waals surface area (Å²) in [6.45, 7) is 2.28. The third-order valence-corrected chi connectivity index (χ3v) is 3.82. The Kier molecular flexibility index (Phi) is 6.08. The number of hydrogen-bond acceptors (Lipinski definition) is 7. The summed E-state index contributed by atoms with van der Waals surface area (Å²) in [4.78, 5) is 28.8. The van der Waals surface area contributed by atoms with E-state index in [1.54, 1.807) is 36.4 Å². The molecule has 1 aliphatic heterocycles. The van der Waals surface area contributed by atoms with Gasteiger partial charge >= 0.3 is 0 Å². The first-order valence-corrected chi connectivity index (χ1v) is 7.49. The van der Waals surface area contributed by atoms with Gasteiger partial charge in [0.25, 0.3) is 5.91 Å². The molecule has 8 nitrogen and oxygen atoms in total. The zero-order valence-electron chi connectivity index (χ0n) is 13.6. The number of methoxy groups -OCH3 is 1. The first kappa shape index (κ1) is 18.4. The average Bonchev–Trinajstić information content (AvgIpc) is 2.67. The molecule has 1 amide bonds. The lowest BCUT2D eigenvalue weighted by atomic mass is 10.1. The molecular weight excluding hydrogens is 344 g/mol. The average molecular weight is 361 g/mol. The first-order chi connectivity index (χ1) is 11.7. The van der Waals surface area contributed by atoms with Crippen molar-refractivity contribution in [2.45, 2.75) is 0 Å². The summed E-state index contributed by atoms with van der Waals surface area (Å²) in [7, 11) is 1.56. The molecule has 130 valence electrons. The van der Waals surface area contributed by atoms with Gasteiger partial charge in [-0.2, -0.15) is 10.2 Å². The third kappa shape index (κ3) is 3.95. The fraction of sp³-hybridized carbons (Fsp3) is 0.312. The number of nitrogens with zero attached hydrogens (tertiary/aromatic N) is 6. The number of amides is 1. The maximum atomic E-state index is 12.6.